The van der Waals surface area contributed by atoms with Crippen LogP contribution in [0.5, 0.6) is 0 Å². The van der Waals surface area contributed by atoms with Crippen LogP contribution in [0.15, 0.2) is 58.3 Å². The van der Waals surface area contributed by atoms with Crippen molar-refractivity contribution in [1.82, 2.24) is 0 Å². The Bertz CT molecular complexity index is 756. The number of anilines is 2. The molecule has 0 radical (unpaired) electrons. The van der Waals surface area contributed by atoms with Gasteiger partial charge < -0.3 is 11.5 Å². The molecule has 8 N–H and O–H groups in total. The van der Waals surface area contributed by atoms with E-state index in [2.05, 4.69) is 0 Å². The lowest BCUT2D eigenvalue weighted by atomic mass is 10.3. The molecule has 10 heteroatoms. The van der Waals surface area contributed by atoms with Gasteiger partial charge in [-0.05, 0) is 48.5 Å². The Morgan fingerprint density at radius 2 is 0.773 bits per heavy atom. The molecule has 0 spiro atoms. The molecule has 2 aromatic rings. The van der Waals surface area contributed by atoms with E-state index in [-0.39, 0.29) is 9.79 Å². The Kier molecular flexibility index (Phi) is 5.49. The van der Waals surface area contributed by atoms with E-state index in [1.54, 1.807) is 0 Å². The Morgan fingerprint density at radius 3 is 0.955 bits per heavy atom. The molecule has 0 amide bonds. The molecule has 0 fully saturated rings. The molecule has 0 bridgehead atoms. The van der Waals surface area contributed by atoms with Crippen molar-refractivity contribution < 1.29 is 16.8 Å². The Hall–Kier alpha value is -2.14. The zero-order chi connectivity index (χ0) is 17.0. The van der Waals surface area contributed by atoms with Crippen molar-refractivity contribution in [3.63, 3.8) is 0 Å². The maximum Gasteiger partial charge on any atom is 0.238 e. The second kappa shape index (κ2) is 6.75. The molecule has 120 valence electrons. The van der Waals surface area contributed by atoms with Gasteiger partial charge in [-0.1, -0.05) is 0 Å². The van der Waals surface area contributed by atoms with Gasteiger partial charge in [-0.15, -0.1) is 0 Å². The number of sulfonamides is 2. The second-order valence-corrected chi connectivity index (χ2v) is 7.35. The highest BCUT2D eigenvalue weighted by Crippen LogP contribution is 2.09. The normalized spacial score (nSPS) is 11.4. The third-order valence-corrected chi connectivity index (χ3v) is 4.28. The van der Waals surface area contributed by atoms with Crippen LogP contribution in [0, 0.1) is 0 Å². The van der Waals surface area contributed by atoms with Crippen molar-refractivity contribution in [3.8, 4) is 0 Å². The lowest BCUT2D eigenvalue weighted by Crippen LogP contribution is -2.11. The van der Waals surface area contributed by atoms with E-state index >= 15 is 0 Å². The number of nitrogen functional groups attached to an aromatic ring is 2. The van der Waals surface area contributed by atoms with Crippen LogP contribution in [0.25, 0.3) is 0 Å². The van der Waals surface area contributed by atoms with E-state index in [1.165, 1.54) is 48.5 Å². The van der Waals surface area contributed by atoms with Gasteiger partial charge in [0.2, 0.25) is 20.0 Å². The molecule has 0 aliphatic carbocycles. The van der Waals surface area contributed by atoms with E-state index in [4.69, 9.17) is 21.7 Å². The van der Waals surface area contributed by atoms with Crippen LogP contribution >= 0.6 is 0 Å². The number of hydrogen-bond donors (Lipinski definition) is 4. The number of nitrogens with two attached hydrogens (primary N) is 4. The SMILES string of the molecule is Nc1ccc(S(N)(=O)=O)cc1.Nc1ccc(S(N)(=O)=O)cc1. The van der Waals surface area contributed by atoms with Crippen LogP contribution in [0.4, 0.5) is 11.4 Å². The summed E-state index contributed by atoms with van der Waals surface area (Å²) in [6.45, 7) is 0. The summed E-state index contributed by atoms with van der Waals surface area (Å²) in [5, 5.41) is 9.68. The smallest absolute Gasteiger partial charge is 0.238 e. The van der Waals surface area contributed by atoms with Gasteiger partial charge in [0.05, 0.1) is 9.79 Å². The predicted molar refractivity (Wildman–Crippen MR) is 84.5 cm³/mol. The summed E-state index contributed by atoms with van der Waals surface area (Å²) in [7, 11) is -7.15. The molecule has 0 saturated carbocycles. The highest BCUT2D eigenvalue weighted by Gasteiger charge is 2.05. The third kappa shape index (κ3) is 5.69. The van der Waals surface area contributed by atoms with Crippen LogP contribution in [0.1, 0.15) is 0 Å². The van der Waals surface area contributed by atoms with E-state index in [1.807, 2.05) is 0 Å². The molecule has 0 saturated heterocycles. The third-order valence-electron chi connectivity index (χ3n) is 2.42. The molecular formula is C12H16N4O4S2. The first-order valence-corrected chi connectivity index (χ1v) is 8.86. The quantitative estimate of drug-likeness (QED) is 0.550. The van der Waals surface area contributed by atoms with Crippen molar-refractivity contribution >= 4 is 31.4 Å². The van der Waals surface area contributed by atoms with Gasteiger partial charge in [0.25, 0.3) is 0 Å². The molecule has 2 aromatic carbocycles. The summed E-state index contributed by atoms with van der Waals surface area (Å²) in [4.78, 5) is 0.151. The van der Waals surface area contributed by atoms with E-state index in [9.17, 15) is 16.8 Å². The Morgan fingerprint density at radius 1 is 0.545 bits per heavy atom. The molecule has 0 aliphatic rings. The Balaban J connectivity index is 0.000000220. The fourth-order valence-corrected chi connectivity index (χ4v) is 2.35. The molecule has 22 heavy (non-hydrogen) atoms. The van der Waals surface area contributed by atoms with Crippen molar-refractivity contribution in [2.75, 3.05) is 11.5 Å². The van der Waals surface area contributed by atoms with Crippen LogP contribution in [0.2, 0.25) is 0 Å². The average Bonchev–Trinajstić information content (AvgIpc) is 2.38. The zero-order valence-electron chi connectivity index (χ0n) is 11.4. The maximum atomic E-state index is 10.7. The van der Waals surface area contributed by atoms with Crippen LogP contribution in [-0.4, -0.2) is 16.8 Å². The predicted octanol–water partition coefficient (Wildman–Crippen LogP) is -0.168. The average molecular weight is 344 g/mol. The fourth-order valence-electron chi connectivity index (χ4n) is 1.32. The van der Waals surface area contributed by atoms with Gasteiger partial charge in [-0.25, -0.2) is 27.1 Å². The first kappa shape index (κ1) is 17.9. The van der Waals surface area contributed by atoms with Crippen molar-refractivity contribution in [2.45, 2.75) is 9.79 Å². The number of hydrogen-bond acceptors (Lipinski definition) is 6. The molecular weight excluding hydrogens is 328 g/mol. The summed E-state index contributed by atoms with van der Waals surface area (Å²) >= 11 is 0. The van der Waals surface area contributed by atoms with Crippen LogP contribution < -0.4 is 21.7 Å². The minimum absolute atomic E-state index is 0.0756. The van der Waals surface area contributed by atoms with E-state index in [0.29, 0.717) is 11.4 Å². The minimum Gasteiger partial charge on any atom is -0.399 e. The molecule has 2 rings (SSSR count). The lowest BCUT2D eigenvalue weighted by Gasteiger charge is -1.96. The summed E-state index contributed by atoms with van der Waals surface area (Å²) in [5.41, 5.74) is 11.7. The van der Waals surface area contributed by atoms with Crippen molar-refractivity contribution in [1.29, 1.82) is 0 Å². The number of rotatable bonds is 2. The molecule has 0 heterocycles. The molecule has 0 unspecified atom stereocenters. The van der Waals surface area contributed by atoms with E-state index in [0.717, 1.165) is 0 Å². The minimum atomic E-state index is -3.58. The fraction of sp³-hybridized carbons (Fsp3) is 0. The van der Waals surface area contributed by atoms with Gasteiger partial charge in [0, 0.05) is 11.4 Å². The largest absolute Gasteiger partial charge is 0.399 e. The summed E-state index contributed by atoms with van der Waals surface area (Å²) in [6, 6.07) is 11.4. The summed E-state index contributed by atoms with van der Waals surface area (Å²) < 4.78 is 42.7. The molecule has 0 aromatic heterocycles. The maximum absolute atomic E-state index is 10.7. The standard InChI is InChI=1S/2C6H8N2O2S/c2*7-5-1-3-6(4-2-5)11(8,9)10/h2*1-4H,7H2,(H2,8,9,10). The van der Waals surface area contributed by atoms with Crippen LogP contribution in [-0.2, 0) is 20.0 Å². The highest BCUT2D eigenvalue weighted by atomic mass is 32.2. The Labute approximate surface area is 128 Å². The van der Waals surface area contributed by atoms with Crippen LogP contribution in [0.3, 0.4) is 0 Å². The van der Waals surface area contributed by atoms with Gasteiger partial charge in [0.15, 0.2) is 0 Å². The van der Waals surface area contributed by atoms with Gasteiger partial charge >= 0.3 is 0 Å². The monoisotopic (exact) mass is 344 g/mol. The van der Waals surface area contributed by atoms with Gasteiger partial charge in [-0.2, -0.15) is 0 Å². The summed E-state index contributed by atoms with van der Waals surface area (Å²) in [6.07, 6.45) is 0. The first-order chi connectivity index (χ1) is 10.00. The van der Waals surface area contributed by atoms with Crippen molar-refractivity contribution in [2.24, 2.45) is 10.3 Å². The number of primary sulfonamides is 2. The van der Waals surface area contributed by atoms with Crippen molar-refractivity contribution in [3.05, 3.63) is 48.5 Å². The molecule has 8 nitrogen and oxygen atoms in total. The molecule has 0 atom stereocenters. The first-order valence-electron chi connectivity index (χ1n) is 5.77. The van der Waals surface area contributed by atoms with Gasteiger partial charge in [0.1, 0.15) is 0 Å². The highest BCUT2D eigenvalue weighted by molar-refractivity contribution is 7.89. The summed E-state index contributed by atoms with van der Waals surface area (Å²) in [5.74, 6) is 0. The van der Waals surface area contributed by atoms with Gasteiger partial charge in [-0.3, -0.25) is 0 Å². The topological polar surface area (TPSA) is 172 Å². The second-order valence-electron chi connectivity index (χ2n) is 4.23. The van der Waals surface area contributed by atoms with E-state index < -0.39 is 20.0 Å². The number of benzene rings is 2. The molecule has 0 aliphatic heterocycles. The zero-order valence-corrected chi connectivity index (χ0v) is 13.0. The lowest BCUT2D eigenvalue weighted by molar-refractivity contribution is 0.596.